The van der Waals surface area contributed by atoms with Crippen molar-refractivity contribution in [1.29, 1.82) is 0 Å². The summed E-state index contributed by atoms with van der Waals surface area (Å²) in [5.74, 6) is 1.06. The summed E-state index contributed by atoms with van der Waals surface area (Å²) in [5.41, 5.74) is 6.23. The highest BCUT2D eigenvalue weighted by atomic mass is 16.3. The van der Waals surface area contributed by atoms with Gasteiger partial charge in [-0.2, -0.15) is 0 Å². The highest BCUT2D eigenvalue weighted by Gasteiger charge is 2.36. The van der Waals surface area contributed by atoms with Crippen molar-refractivity contribution in [2.45, 2.75) is 93.9 Å². The van der Waals surface area contributed by atoms with E-state index in [1.807, 2.05) is 42.5 Å². The summed E-state index contributed by atoms with van der Waals surface area (Å²) in [5, 5.41) is 11.4. The van der Waals surface area contributed by atoms with Gasteiger partial charge in [0, 0.05) is 39.0 Å². The molecule has 0 atom stereocenters. The van der Waals surface area contributed by atoms with Crippen LogP contribution in [-0.2, 0) is 15.6 Å². The third kappa shape index (κ3) is 6.07. The molecule has 0 saturated carbocycles. The number of ketones is 1. The monoisotopic (exact) mass is 550 g/mol. The maximum absolute atomic E-state index is 13.7. The second kappa shape index (κ2) is 10.1. The van der Waals surface area contributed by atoms with Crippen molar-refractivity contribution in [2.75, 3.05) is 0 Å². The number of carbonyl (C=O) groups excluding carboxylic acids is 1. The van der Waals surface area contributed by atoms with Gasteiger partial charge in [0.25, 0.3) is 0 Å². The summed E-state index contributed by atoms with van der Waals surface area (Å²) < 4.78 is 0. The first-order valence-corrected chi connectivity index (χ1v) is 14.5. The molecule has 1 N–H and O–H groups in total. The first-order valence-electron chi connectivity index (χ1n) is 14.5. The van der Waals surface area contributed by atoms with Gasteiger partial charge < -0.3 is 5.11 Å². The molecule has 2 aromatic carbocycles. The van der Waals surface area contributed by atoms with Crippen LogP contribution in [0.1, 0.15) is 105 Å². The number of rotatable bonds is 2. The van der Waals surface area contributed by atoms with Gasteiger partial charge in [0.1, 0.15) is 5.75 Å². The normalized spacial score (nSPS) is 16.9. The van der Waals surface area contributed by atoms with Crippen molar-refractivity contribution >= 4 is 17.3 Å². The molecule has 1 aliphatic heterocycles. The van der Waals surface area contributed by atoms with Gasteiger partial charge in [0.05, 0.1) is 11.4 Å². The van der Waals surface area contributed by atoms with Crippen molar-refractivity contribution in [3.05, 3.63) is 99.3 Å². The Bertz CT molecular complexity index is 1480. The van der Waals surface area contributed by atoms with Crippen LogP contribution in [0.25, 0.3) is 0 Å². The van der Waals surface area contributed by atoms with Gasteiger partial charge in [-0.25, -0.2) is 9.98 Å². The number of allylic oxidation sites excluding steroid dienone is 6. The number of hydrogen-bond donors (Lipinski definition) is 1. The lowest BCUT2D eigenvalue weighted by molar-refractivity contribution is -0.114. The first kappa shape index (κ1) is 30.4. The standard InChI is InChI=1S/C37H46N2O2/c1-34(2,3)25-18-23(19-26(31(25)40)35(4,5)6)29-30(39-33(38-29)22-16-14-13-15-17-22)24-20-27(36(7,8)9)32(41)28(21-24)37(10,11)12/h13-21,40H,1-12H3. The summed E-state index contributed by atoms with van der Waals surface area (Å²) in [6, 6.07) is 14.1. The molecule has 216 valence electrons. The Hall–Kier alpha value is -3.53. The van der Waals surface area contributed by atoms with Crippen LogP contribution < -0.4 is 0 Å². The Balaban J connectivity index is 2.11. The van der Waals surface area contributed by atoms with Gasteiger partial charge in [0.2, 0.25) is 0 Å². The second-order valence-electron chi connectivity index (χ2n) is 15.4. The molecule has 4 heteroatoms. The molecular formula is C37H46N2O2. The quantitative estimate of drug-likeness (QED) is 0.405. The van der Waals surface area contributed by atoms with Crippen molar-refractivity contribution in [3.8, 4) is 5.75 Å². The van der Waals surface area contributed by atoms with E-state index in [4.69, 9.17) is 9.98 Å². The average Bonchev–Trinajstić information content (AvgIpc) is 3.27. The zero-order valence-electron chi connectivity index (χ0n) is 26.9. The predicted molar refractivity (Wildman–Crippen MR) is 172 cm³/mol. The number of aliphatic imine (C=N–C) groups is 2. The van der Waals surface area contributed by atoms with Gasteiger partial charge in [-0.3, -0.25) is 4.79 Å². The Morgan fingerprint density at radius 1 is 0.610 bits per heavy atom. The zero-order valence-corrected chi connectivity index (χ0v) is 26.9. The third-order valence-electron chi connectivity index (χ3n) is 7.67. The van der Waals surface area contributed by atoms with E-state index in [0.717, 1.165) is 50.4 Å². The van der Waals surface area contributed by atoms with E-state index in [0.29, 0.717) is 11.6 Å². The van der Waals surface area contributed by atoms with E-state index in [1.54, 1.807) is 0 Å². The van der Waals surface area contributed by atoms with E-state index >= 15 is 0 Å². The minimum Gasteiger partial charge on any atom is -0.507 e. The summed E-state index contributed by atoms with van der Waals surface area (Å²) in [6.07, 6.45) is 4.02. The van der Waals surface area contributed by atoms with Crippen molar-refractivity contribution in [3.63, 3.8) is 0 Å². The Labute approximate surface area is 246 Å². The number of aromatic hydroxyl groups is 1. The minimum atomic E-state index is -0.340. The molecule has 2 aromatic rings. The molecule has 1 heterocycles. The zero-order chi connectivity index (χ0) is 30.7. The number of carbonyl (C=O) groups is 1. The average molecular weight is 551 g/mol. The van der Waals surface area contributed by atoms with Gasteiger partial charge in [-0.1, -0.05) is 113 Å². The fraction of sp³-hybridized carbons (Fsp3) is 0.432. The van der Waals surface area contributed by atoms with Gasteiger partial charge in [-0.15, -0.1) is 0 Å². The van der Waals surface area contributed by atoms with Crippen LogP contribution in [0.3, 0.4) is 0 Å². The molecule has 1 aliphatic carbocycles. The number of hydrogen-bond acceptors (Lipinski definition) is 4. The van der Waals surface area contributed by atoms with E-state index in [9.17, 15) is 9.90 Å². The lowest BCUT2D eigenvalue weighted by Gasteiger charge is -2.31. The van der Waals surface area contributed by atoms with E-state index in [2.05, 4.69) is 95.2 Å². The number of amidine groups is 1. The fourth-order valence-electron chi connectivity index (χ4n) is 5.26. The molecule has 0 fully saturated rings. The predicted octanol–water partition coefficient (Wildman–Crippen LogP) is 9.02. The molecule has 0 saturated heterocycles. The van der Waals surface area contributed by atoms with Crippen LogP contribution in [0.4, 0.5) is 0 Å². The van der Waals surface area contributed by atoms with Crippen LogP contribution in [0.5, 0.6) is 5.75 Å². The second-order valence-corrected chi connectivity index (χ2v) is 15.4. The van der Waals surface area contributed by atoms with E-state index in [-0.39, 0.29) is 27.4 Å². The molecule has 0 unspecified atom stereocenters. The van der Waals surface area contributed by atoms with Crippen molar-refractivity contribution < 1.29 is 9.90 Å². The van der Waals surface area contributed by atoms with Gasteiger partial charge in [-0.05, 0) is 45.9 Å². The van der Waals surface area contributed by atoms with E-state index < -0.39 is 0 Å². The summed E-state index contributed by atoms with van der Waals surface area (Å²) in [6.45, 7) is 25.2. The number of phenolic OH excluding ortho intramolecular Hbond substituents is 1. The number of benzene rings is 2. The Kier molecular flexibility index (Phi) is 7.48. The van der Waals surface area contributed by atoms with Gasteiger partial charge >= 0.3 is 0 Å². The molecule has 4 rings (SSSR count). The lowest BCUT2D eigenvalue weighted by atomic mass is 9.71. The Morgan fingerprint density at radius 2 is 1.07 bits per heavy atom. The van der Waals surface area contributed by atoms with Gasteiger partial charge in [0.15, 0.2) is 11.6 Å². The highest BCUT2D eigenvalue weighted by molar-refractivity contribution is 6.25. The van der Waals surface area contributed by atoms with Crippen LogP contribution in [0, 0.1) is 10.8 Å². The van der Waals surface area contributed by atoms with Crippen LogP contribution in [-0.4, -0.2) is 22.4 Å². The third-order valence-corrected chi connectivity index (χ3v) is 7.67. The van der Waals surface area contributed by atoms with Crippen LogP contribution in [0.2, 0.25) is 0 Å². The molecule has 0 radical (unpaired) electrons. The number of phenols is 1. The Morgan fingerprint density at radius 3 is 1.49 bits per heavy atom. The topological polar surface area (TPSA) is 62.0 Å². The largest absolute Gasteiger partial charge is 0.507 e. The lowest BCUT2D eigenvalue weighted by Crippen LogP contribution is -2.28. The minimum absolute atomic E-state index is 0.0905. The number of Topliss-reactive ketones (excluding diaryl/α,β-unsaturated/α-hetero) is 1. The van der Waals surface area contributed by atoms with Crippen LogP contribution in [0.15, 0.2) is 87.0 Å². The molecule has 2 aliphatic rings. The maximum Gasteiger partial charge on any atom is 0.186 e. The maximum atomic E-state index is 13.7. The SMILES string of the molecule is CC(C)(C)C1=CC(=C2N=C(c3ccccc3)N=C2c2cc(C(C)(C)C)c(O)c(C(C)(C)C)c2)C=C(C(C)(C)C)C1=O. The summed E-state index contributed by atoms with van der Waals surface area (Å²) >= 11 is 0. The molecule has 0 bridgehead atoms. The molecule has 4 nitrogen and oxygen atoms in total. The molecule has 0 spiro atoms. The van der Waals surface area contributed by atoms with Crippen molar-refractivity contribution in [2.24, 2.45) is 20.8 Å². The summed E-state index contributed by atoms with van der Waals surface area (Å²) in [4.78, 5) is 24.0. The van der Waals surface area contributed by atoms with E-state index in [1.165, 1.54) is 0 Å². The highest BCUT2D eigenvalue weighted by Crippen LogP contribution is 2.43. The first-order chi connectivity index (χ1) is 18.7. The molecular weight excluding hydrogens is 504 g/mol. The van der Waals surface area contributed by atoms with Crippen LogP contribution >= 0.6 is 0 Å². The molecule has 0 aromatic heterocycles. The smallest absolute Gasteiger partial charge is 0.186 e. The molecule has 41 heavy (non-hydrogen) atoms. The fourth-order valence-corrected chi connectivity index (χ4v) is 5.26. The number of nitrogens with zero attached hydrogens (tertiary/aromatic N) is 2. The summed E-state index contributed by atoms with van der Waals surface area (Å²) in [7, 11) is 0. The molecule has 0 amide bonds. The van der Waals surface area contributed by atoms with Crippen molar-refractivity contribution in [1.82, 2.24) is 0 Å².